The minimum Gasteiger partial charge on any atom is -0.508 e. The summed E-state index contributed by atoms with van der Waals surface area (Å²) in [7, 11) is 1.68. The fraction of sp³-hybridized carbons (Fsp3) is 0.294. The molecule has 0 saturated carbocycles. The molecule has 104 valence electrons. The SMILES string of the molecule is COc1ccc2c(c1C)O[C@@H](c1ccc(O)cc1)CC2. The van der Waals surface area contributed by atoms with Crippen LogP contribution in [0.2, 0.25) is 0 Å². The van der Waals surface area contributed by atoms with E-state index < -0.39 is 0 Å². The van der Waals surface area contributed by atoms with E-state index in [0.717, 1.165) is 35.5 Å². The molecule has 0 spiro atoms. The van der Waals surface area contributed by atoms with E-state index in [9.17, 15) is 5.11 Å². The molecule has 1 heterocycles. The number of aromatic hydroxyl groups is 1. The van der Waals surface area contributed by atoms with E-state index in [1.165, 1.54) is 5.56 Å². The molecule has 0 amide bonds. The standard InChI is InChI=1S/C17H18O3/c1-11-15(19-2)9-5-13-6-10-16(20-17(11)13)12-3-7-14(18)8-4-12/h3-5,7-9,16,18H,6,10H2,1-2H3/t16-/m1/s1. The summed E-state index contributed by atoms with van der Waals surface area (Å²) in [4.78, 5) is 0. The van der Waals surface area contributed by atoms with Crippen LogP contribution in [0, 0.1) is 6.92 Å². The quantitative estimate of drug-likeness (QED) is 0.902. The predicted octanol–water partition coefficient (Wildman–Crippen LogP) is 3.78. The van der Waals surface area contributed by atoms with Crippen molar-refractivity contribution in [2.45, 2.75) is 25.9 Å². The fourth-order valence-corrected chi connectivity index (χ4v) is 2.72. The van der Waals surface area contributed by atoms with Crippen molar-refractivity contribution in [3.63, 3.8) is 0 Å². The average Bonchev–Trinajstić information content (AvgIpc) is 2.48. The summed E-state index contributed by atoms with van der Waals surface area (Å²) >= 11 is 0. The number of aryl methyl sites for hydroxylation is 1. The van der Waals surface area contributed by atoms with E-state index in [1.807, 2.05) is 25.1 Å². The zero-order chi connectivity index (χ0) is 14.1. The van der Waals surface area contributed by atoms with Crippen LogP contribution >= 0.6 is 0 Å². The number of methoxy groups -OCH3 is 1. The van der Waals surface area contributed by atoms with Gasteiger partial charge in [-0.25, -0.2) is 0 Å². The third-order valence-electron chi connectivity index (χ3n) is 3.86. The molecule has 1 atom stereocenters. The number of fused-ring (bicyclic) bond motifs is 1. The van der Waals surface area contributed by atoms with Gasteiger partial charge in [0.1, 0.15) is 23.4 Å². The molecule has 0 radical (unpaired) electrons. The molecule has 3 rings (SSSR count). The zero-order valence-electron chi connectivity index (χ0n) is 11.7. The molecule has 0 saturated heterocycles. The van der Waals surface area contributed by atoms with Gasteiger partial charge < -0.3 is 14.6 Å². The lowest BCUT2D eigenvalue weighted by Gasteiger charge is -2.28. The van der Waals surface area contributed by atoms with Crippen LogP contribution in [0.4, 0.5) is 0 Å². The Balaban J connectivity index is 1.93. The van der Waals surface area contributed by atoms with Gasteiger partial charge in [-0.05, 0) is 49.1 Å². The molecule has 0 fully saturated rings. The van der Waals surface area contributed by atoms with Gasteiger partial charge in [-0.3, -0.25) is 0 Å². The first-order chi connectivity index (χ1) is 9.69. The van der Waals surface area contributed by atoms with Gasteiger partial charge in [-0.2, -0.15) is 0 Å². The topological polar surface area (TPSA) is 38.7 Å². The van der Waals surface area contributed by atoms with Crippen molar-refractivity contribution in [3.8, 4) is 17.2 Å². The van der Waals surface area contributed by atoms with Crippen molar-refractivity contribution in [1.29, 1.82) is 0 Å². The van der Waals surface area contributed by atoms with Crippen molar-refractivity contribution in [3.05, 3.63) is 53.1 Å². The molecule has 2 aromatic rings. The Kier molecular flexibility index (Phi) is 3.26. The molecule has 0 unspecified atom stereocenters. The van der Waals surface area contributed by atoms with Gasteiger partial charge in [0.25, 0.3) is 0 Å². The lowest BCUT2D eigenvalue weighted by molar-refractivity contribution is 0.174. The number of hydrogen-bond donors (Lipinski definition) is 1. The maximum atomic E-state index is 9.37. The molecule has 0 aromatic heterocycles. The molecular weight excluding hydrogens is 252 g/mol. The van der Waals surface area contributed by atoms with Crippen molar-refractivity contribution in [1.82, 2.24) is 0 Å². The van der Waals surface area contributed by atoms with Gasteiger partial charge in [0, 0.05) is 5.56 Å². The van der Waals surface area contributed by atoms with Crippen molar-refractivity contribution in [2.24, 2.45) is 0 Å². The summed E-state index contributed by atoms with van der Waals surface area (Å²) in [6.45, 7) is 2.02. The van der Waals surface area contributed by atoms with Gasteiger partial charge in [0.2, 0.25) is 0 Å². The van der Waals surface area contributed by atoms with Crippen LogP contribution in [0.3, 0.4) is 0 Å². The van der Waals surface area contributed by atoms with Crippen LogP contribution in [0.5, 0.6) is 17.2 Å². The van der Waals surface area contributed by atoms with E-state index >= 15 is 0 Å². The number of hydrogen-bond acceptors (Lipinski definition) is 3. The molecule has 1 aliphatic rings. The maximum absolute atomic E-state index is 9.37. The van der Waals surface area contributed by atoms with Gasteiger partial charge in [-0.1, -0.05) is 18.2 Å². The minimum absolute atomic E-state index is 0.0360. The minimum atomic E-state index is 0.0360. The summed E-state index contributed by atoms with van der Waals surface area (Å²) in [6.07, 6.45) is 1.98. The molecule has 2 aromatic carbocycles. The van der Waals surface area contributed by atoms with Crippen molar-refractivity contribution in [2.75, 3.05) is 7.11 Å². The second kappa shape index (κ2) is 5.08. The molecule has 3 heteroatoms. The monoisotopic (exact) mass is 270 g/mol. The molecule has 1 N–H and O–H groups in total. The van der Waals surface area contributed by atoms with Crippen LogP contribution < -0.4 is 9.47 Å². The highest BCUT2D eigenvalue weighted by molar-refractivity contribution is 5.50. The van der Waals surface area contributed by atoms with Gasteiger partial charge >= 0.3 is 0 Å². The van der Waals surface area contributed by atoms with E-state index in [0.29, 0.717) is 0 Å². The first-order valence-corrected chi connectivity index (χ1v) is 6.81. The third-order valence-corrected chi connectivity index (χ3v) is 3.86. The second-order valence-electron chi connectivity index (χ2n) is 5.12. The Hall–Kier alpha value is -2.16. The summed E-state index contributed by atoms with van der Waals surface area (Å²) < 4.78 is 11.5. The number of benzene rings is 2. The Bertz CT molecular complexity index is 617. The van der Waals surface area contributed by atoms with Gasteiger partial charge in [0.05, 0.1) is 7.11 Å². The van der Waals surface area contributed by atoms with Gasteiger partial charge in [-0.15, -0.1) is 0 Å². The van der Waals surface area contributed by atoms with Crippen LogP contribution in [0.15, 0.2) is 36.4 Å². The third kappa shape index (κ3) is 2.20. The maximum Gasteiger partial charge on any atom is 0.130 e. The van der Waals surface area contributed by atoms with Crippen LogP contribution in [0.25, 0.3) is 0 Å². The molecule has 20 heavy (non-hydrogen) atoms. The van der Waals surface area contributed by atoms with E-state index in [-0.39, 0.29) is 11.9 Å². The van der Waals surface area contributed by atoms with Crippen LogP contribution in [0.1, 0.15) is 29.2 Å². The van der Waals surface area contributed by atoms with Crippen LogP contribution in [-0.4, -0.2) is 12.2 Å². The first-order valence-electron chi connectivity index (χ1n) is 6.81. The Morgan fingerprint density at radius 1 is 1.15 bits per heavy atom. The number of rotatable bonds is 2. The average molecular weight is 270 g/mol. The fourth-order valence-electron chi connectivity index (χ4n) is 2.72. The van der Waals surface area contributed by atoms with E-state index in [4.69, 9.17) is 9.47 Å². The van der Waals surface area contributed by atoms with E-state index in [1.54, 1.807) is 19.2 Å². The highest BCUT2D eigenvalue weighted by Crippen LogP contribution is 2.40. The highest BCUT2D eigenvalue weighted by Gasteiger charge is 2.24. The van der Waals surface area contributed by atoms with Gasteiger partial charge in [0.15, 0.2) is 0 Å². The summed E-state index contributed by atoms with van der Waals surface area (Å²) in [5.74, 6) is 2.08. The lowest BCUT2D eigenvalue weighted by atomic mass is 9.95. The molecule has 0 bridgehead atoms. The zero-order valence-corrected chi connectivity index (χ0v) is 11.7. The van der Waals surface area contributed by atoms with Crippen molar-refractivity contribution >= 4 is 0 Å². The lowest BCUT2D eigenvalue weighted by Crippen LogP contribution is -2.16. The first kappa shape index (κ1) is 12.9. The second-order valence-corrected chi connectivity index (χ2v) is 5.12. The molecule has 1 aliphatic heterocycles. The predicted molar refractivity (Wildman–Crippen MR) is 77.5 cm³/mol. The summed E-state index contributed by atoms with van der Waals surface area (Å²) in [5, 5.41) is 9.37. The van der Waals surface area contributed by atoms with Crippen LogP contribution in [-0.2, 0) is 6.42 Å². The molecular formula is C17H18O3. The normalized spacial score (nSPS) is 17.2. The number of ether oxygens (including phenoxy) is 2. The largest absolute Gasteiger partial charge is 0.508 e. The number of phenolic OH excluding ortho intramolecular Hbond substituents is 1. The molecule has 0 aliphatic carbocycles. The Morgan fingerprint density at radius 2 is 1.90 bits per heavy atom. The van der Waals surface area contributed by atoms with Crippen molar-refractivity contribution < 1.29 is 14.6 Å². The van der Waals surface area contributed by atoms with E-state index in [2.05, 4.69) is 6.07 Å². The molecule has 3 nitrogen and oxygen atoms in total. The Labute approximate surface area is 118 Å². The highest BCUT2D eigenvalue weighted by atomic mass is 16.5. The Morgan fingerprint density at radius 3 is 2.60 bits per heavy atom. The smallest absolute Gasteiger partial charge is 0.130 e. The number of phenols is 1. The summed E-state index contributed by atoms with van der Waals surface area (Å²) in [6, 6.07) is 11.3. The summed E-state index contributed by atoms with van der Waals surface area (Å²) in [5.41, 5.74) is 3.38.